The van der Waals surface area contributed by atoms with Crippen molar-refractivity contribution in [3.05, 3.63) is 20.8 Å². The zero-order chi connectivity index (χ0) is 13.0. The van der Waals surface area contributed by atoms with Crippen molar-refractivity contribution in [2.75, 3.05) is 20.3 Å². The first-order valence-electron chi connectivity index (χ1n) is 5.87. The molecule has 1 N–H and O–H groups in total. The molecule has 2 unspecified atom stereocenters. The van der Waals surface area contributed by atoms with E-state index in [1.807, 2.05) is 11.4 Å². The molecule has 1 aliphatic rings. The van der Waals surface area contributed by atoms with Gasteiger partial charge in [-0.15, -0.1) is 11.3 Å². The van der Waals surface area contributed by atoms with E-state index in [9.17, 15) is 4.79 Å². The Hall–Kier alpha value is -0.430. The van der Waals surface area contributed by atoms with Crippen LogP contribution < -0.4 is 5.32 Å². The van der Waals surface area contributed by atoms with Crippen LogP contribution in [0.2, 0.25) is 0 Å². The average Bonchev–Trinajstić information content (AvgIpc) is 3.01. The van der Waals surface area contributed by atoms with Crippen molar-refractivity contribution in [2.45, 2.75) is 25.0 Å². The van der Waals surface area contributed by atoms with Crippen LogP contribution in [0.5, 0.6) is 0 Å². The number of hydrogen-bond acceptors (Lipinski definition) is 5. The molecular weight excluding hydrogens is 318 g/mol. The Labute approximate surface area is 119 Å². The van der Waals surface area contributed by atoms with Crippen molar-refractivity contribution < 1.29 is 14.3 Å². The quantitative estimate of drug-likeness (QED) is 0.841. The van der Waals surface area contributed by atoms with Gasteiger partial charge in [0.25, 0.3) is 0 Å². The highest BCUT2D eigenvalue weighted by Gasteiger charge is 2.25. The van der Waals surface area contributed by atoms with E-state index in [1.165, 1.54) is 18.4 Å². The normalized spacial score (nSPS) is 20.9. The molecular formula is C12H16BrNO3S. The summed E-state index contributed by atoms with van der Waals surface area (Å²) in [5.41, 5.74) is 0. The van der Waals surface area contributed by atoms with Crippen molar-refractivity contribution in [1.29, 1.82) is 0 Å². The van der Waals surface area contributed by atoms with Crippen LogP contribution >= 0.6 is 27.3 Å². The van der Waals surface area contributed by atoms with E-state index in [-0.39, 0.29) is 12.1 Å². The number of hydrogen-bond donors (Lipinski definition) is 1. The molecule has 2 rings (SSSR count). The molecule has 0 amide bonds. The first-order valence-corrected chi connectivity index (χ1v) is 7.54. The van der Waals surface area contributed by atoms with Gasteiger partial charge in [0.2, 0.25) is 0 Å². The van der Waals surface area contributed by atoms with Crippen LogP contribution in [-0.4, -0.2) is 32.3 Å². The highest BCUT2D eigenvalue weighted by molar-refractivity contribution is 9.10. The minimum Gasteiger partial charge on any atom is -0.468 e. The van der Waals surface area contributed by atoms with Gasteiger partial charge in [0.1, 0.15) is 6.04 Å². The van der Waals surface area contributed by atoms with Crippen LogP contribution in [0.4, 0.5) is 0 Å². The van der Waals surface area contributed by atoms with Gasteiger partial charge in [-0.3, -0.25) is 5.32 Å². The minimum absolute atomic E-state index is 0.209. The molecule has 100 valence electrons. The van der Waals surface area contributed by atoms with Gasteiger partial charge in [-0.2, -0.15) is 0 Å². The zero-order valence-corrected chi connectivity index (χ0v) is 12.6. The largest absolute Gasteiger partial charge is 0.468 e. The van der Waals surface area contributed by atoms with Gasteiger partial charge in [0, 0.05) is 27.9 Å². The summed E-state index contributed by atoms with van der Waals surface area (Å²) in [6, 6.07) is 1.53. The molecule has 1 aromatic heterocycles. The van der Waals surface area contributed by atoms with Gasteiger partial charge in [-0.05, 0) is 34.8 Å². The summed E-state index contributed by atoms with van der Waals surface area (Å²) in [7, 11) is 1.41. The van der Waals surface area contributed by atoms with E-state index in [0.29, 0.717) is 6.54 Å². The highest BCUT2D eigenvalue weighted by Crippen LogP contribution is 2.26. The van der Waals surface area contributed by atoms with Gasteiger partial charge in [0.15, 0.2) is 0 Å². The zero-order valence-electron chi connectivity index (χ0n) is 10.1. The van der Waals surface area contributed by atoms with Crippen LogP contribution in [0, 0.1) is 0 Å². The Kier molecular flexibility index (Phi) is 5.17. The molecule has 0 radical (unpaired) electrons. The number of rotatable bonds is 5. The molecule has 4 nitrogen and oxygen atoms in total. The number of carbonyl (C=O) groups is 1. The van der Waals surface area contributed by atoms with E-state index in [2.05, 4.69) is 21.2 Å². The Morgan fingerprint density at radius 1 is 1.78 bits per heavy atom. The molecule has 1 aliphatic heterocycles. The van der Waals surface area contributed by atoms with E-state index < -0.39 is 6.04 Å². The molecule has 0 saturated carbocycles. The molecule has 1 aromatic rings. The molecule has 1 saturated heterocycles. The van der Waals surface area contributed by atoms with Gasteiger partial charge >= 0.3 is 5.97 Å². The van der Waals surface area contributed by atoms with Crippen LogP contribution in [0.25, 0.3) is 0 Å². The van der Waals surface area contributed by atoms with Crippen LogP contribution in [0.3, 0.4) is 0 Å². The van der Waals surface area contributed by atoms with E-state index in [1.54, 1.807) is 0 Å². The van der Waals surface area contributed by atoms with Gasteiger partial charge in [0.05, 0.1) is 13.2 Å². The van der Waals surface area contributed by atoms with E-state index in [0.717, 1.165) is 28.8 Å². The number of nitrogens with one attached hydrogen (secondary N) is 1. The van der Waals surface area contributed by atoms with E-state index in [4.69, 9.17) is 9.47 Å². The Balaban J connectivity index is 1.98. The molecule has 0 bridgehead atoms. The molecule has 18 heavy (non-hydrogen) atoms. The lowest BCUT2D eigenvalue weighted by Crippen LogP contribution is -2.34. The van der Waals surface area contributed by atoms with Crippen molar-refractivity contribution in [3.63, 3.8) is 0 Å². The van der Waals surface area contributed by atoms with Crippen LogP contribution in [-0.2, 0) is 14.3 Å². The Bertz CT molecular complexity index is 404. The van der Waals surface area contributed by atoms with Crippen molar-refractivity contribution in [3.8, 4) is 0 Å². The third-order valence-electron chi connectivity index (χ3n) is 2.88. The SMILES string of the molecule is COC(=O)C(NCC1CCCO1)c1cc(Br)cs1. The van der Waals surface area contributed by atoms with Gasteiger partial charge in [-0.1, -0.05) is 0 Å². The number of halogens is 1. The number of thiophene rings is 1. The second-order valence-corrected chi connectivity index (χ2v) is 6.03. The maximum atomic E-state index is 11.8. The summed E-state index contributed by atoms with van der Waals surface area (Å²) in [5, 5.41) is 5.19. The first-order chi connectivity index (χ1) is 8.70. The molecule has 1 fully saturated rings. The fourth-order valence-electron chi connectivity index (χ4n) is 1.95. The lowest BCUT2D eigenvalue weighted by Gasteiger charge is -2.17. The second kappa shape index (κ2) is 6.65. The number of ether oxygens (including phenoxy) is 2. The number of esters is 1. The third-order valence-corrected chi connectivity index (χ3v) is 4.64. The molecule has 0 aliphatic carbocycles. The van der Waals surface area contributed by atoms with Crippen molar-refractivity contribution in [1.82, 2.24) is 5.32 Å². The van der Waals surface area contributed by atoms with Crippen LogP contribution in [0.1, 0.15) is 23.8 Å². The maximum Gasteiger partial charge on any atom is 0.328 e. The van der Waals surface area contributed by atoms with Gasteiger partial charge < -0.3 is 9.47 Å². The molecule has 6 heteroatoms. The molecule has 0 spiro atoms. The van der Waals surface area contributed by atoms with Crippen molar-refractivity contribution >= 4 is 33.2 Å². The average molecular weight is 334 g/mol. The molecule has 2 atom stereocenters. The fourth-order valence-corrected chi connectivity index (χ4v) is 3.46. The number of methoxy groups -OCH3 is 1. The molecule has 0 aromatic carbocycles. The summed E-state index contributed by atoms with van der Waals surface area (Å²) in [5.74, 6) is -0.262. The summed E-state index contributed by atoms with van der Waals surface area (Å²) in [6.45, 7) is 1.50. The summed E-state index contributed by atoms with van der Waals surface area (Å²) < 4.78 is 11.4. The van der Waals surface area contributed by atoms with Gasteiger partial charge in [-0.25, -0.2) is 4.79 Å². The topological polar surface area (TPSA) is 47.6 Å². The predicted molar refractivity (Wildman–Crippen MR) is 73.8 cm³/mol. The lowest BCUT2D eigenvalue weighted by molar-refractivity contribution is -0.143. The summed E-state index contributed by atoms with van der Waals surface area (Å²) >= 11 is 4.93. The second-order valence-electron chi connectivity index (χ2n) is 4.17. The smallest absolute Gasteiger partial charge is 0.328 e. The Morgan fingerprint density at radius 3 is 3.17 bits per heavy atom. The highest BCUT2D eigenvalue weighted by atomic mass is 79.9. The standard InChI is InChI=1S/C12H16BrNO3S/c1-16-12(15)11(10-5-8(13)7-18-10)14-6-9-3-2-4-17-9/h5,7,9,11,14H,2-4,6H2,1H3. The Morgan fingerprint density at radius 2 is 2.61 bits per heavy atom. The monoisotopic (exact) mass is 333 g/mol. The summed E-state index contributed by atoms with van der Waals surface area (Å²) in [6.07, 6.45) is 2.36. The maximum absolute atomic E-state index is 11.8. The number of carbonyl (C=O) groups excluding carboxylic acids is 1. The van der Waals surface area contributed by atoms with Crippen molar-refractivity contribution in [2.24, 2.45) is 0 Å². The predicted octanol–water partition coefficient (Wildman–Crippen LogP) is 2.49. The lowest BCUT2D eigenvalue weighted by atomic mass is 10.2. The molecule has 2 heterocycles. The third kappa shape index (κ3) is 3.54. The van der Waals surface area contributed by atoms with E-state index >= 15 is 0 Å². The fraction of sp³-hybridized carbons (Fsp3) is 0.583. The van der Waals surface area contributed by atoms with Crippen LogP contribution in [0.15, 0.2) is 15.9 Å². The first kappa shape index (κ1) is 14.0. The minimum atomic E-state index is -0.407. The summed E-state index contributed by atoms with van der Waals surface area (Å²) in [4.78, 5) is 12.7.